The summed E-state index contributed by atoms with van der Waals surface area (Å²) in [5, 5.41) is 51.6. The third-order valence-corrected chi connectivity index (χ3v) is 7.88. The molecule has 0 saturated carbocycles. The topological polar surface area (TPSA) is 201 Å². The average molecular weight is 602 g/mol. The van der Waals surface area contributed by atoms with Gasteiger partial charge in [-0.3, -0.25) is 4.57 Å². The molecule has 2 aliphatic rings. The molecule has 14 nitrogen and oxygen atoms in total. The number of ether oxygens (including phenoxy) is 2. The first-order valence-electron chi connectivity index (χ1n) is 13.0. The highest BCUT2D eigenvalue weighted by Gasteiger charge is 2.58. The Morgan fingerprint density at radius 2 is 1.95 bits per heavy atom. The Balaban J connectivity index is 1.45. The van der Waals surface area contributed by atoms with Gasteiger partial charge in [-0.05, 0) is 23.6 Å². The fraction of sp³-hybridized carbons (Fsp3) is 0.444. The number of hydrogen-bond acceptors (Lipinski definition) is 11. The summed E-state index contributed by atoms with van der Waals surface area (Å²) in [4.78, 5) is 39.3. The fourth-order valence-electron chi connectivity index (χ4n) is 5.29. The zero-order chi connectivity index (χ0) is 30.2. The Hall–Kier alpha value is -3.84. The van der Waals surface area contributed by atoms with Gasteiger partial charge in [-0.1, -0.05) is 36.3 Å². The van der Waals surface area contributed by atoms with Crippen LogP contribution >= 0.6 is 11.6 Å². The van der Waals surface area contributed by atoms with Crippen LogP contribution in [0.15, 0.2) is 36.7 Å². The predicted octanol–water partition coefficient (Wildman–Crippen LogP) is 0.0882. The molecule has 0 bridgehead atoms. The van der Waals surface area contributed by atoms with Crippen molar-refractivity contribution in [3.05, 3.63) is 47.5 Å². The number of carbonyl (C=O) groups is 2. The minimum Gasteiger partial charge on any atom is -0.479 e. The third kappa shape index (κ3) is 5.04. The highest BCUT2D eigenvalue weighted by atomic mass is 35.5. The van der Waals surface area contributed by atoms with Crippen molar-refractivity contribution in [2.45, 2.75) is 42.5 Å². The van der Waals surface area contributed by atoms with Crippen LogP contribution in [0.2, 0.25) is 5.28 Å². The Kier molecular flexibility index (Phi) is 8.08. The lowest BCUT2D eigenvalue weighted by molar-refractivity contribution is -0.191. The Morgan fingerprint density at radius 1 is 1.24 bits per heavy atom. The number of imidazole rings is 1. The maximum absolute atomic E-state index is 12.2. The number of carboxylic acid groups (broad SMARTS) is 2. The lowest BCUT2D eigenvalue weighted by Crippen LogP contribution is -2.55. The number of aliphatic carboxylic acids is 2. The van der Waals surface area contributed by atoms with Crippen molar-refractivity contribution in [2.75, 3.05) is 31.2 Å². The largest absolute Gasteiger partial charge is 0.479 e. The van der Waals surface area contributed by atoms with E-state index in [1.807, 2.05) is 4.90 Å². The summed E-state index contributed by atoms with van der Waals surface area (Å²) in [6.07, 6.45) is 2.33. The summed E-state index contributed by atoms with van der Waals surface area (Å²) >= 11 is 6.23. The molecular formula is C27H28ClN5O9. The standard InChI is InChI=1S/C27H28ClN5O9/c1-2-26(40)17(13-41-27(23(36)37,24(38)39)10-15-6-4-3-5-7-15)42-22(19(26)35)33-14-29-18-20(30-25(28)31-21(18)33)32-9-8-16(11-32)12-34/h1,3-7,14,16-17,19,22,34-35,40H,8-13H2,(H,36,37)(H,38,39)/t16-,17-,19+,22-,26-/m1/s1. The van der Waals surface area contributed by atoms with Crippen LogP contribution in [-0.2, 0) is 25.5 Å². The first-order chi connectivity index (χ1) is 20.0. The quantitative estimate of drug-likeness (QED) is 0.119. The van der Waals surface area contributed by atoms with Gasteiger partial charge in [-0.2, -0.15) is 9.97 Å². The molecule has 0 amide bonds. The first-order valence-corrected chi connectivity index (χ1v) is 13.4. The van der Waals surface area contributed by atoms with E-state index in [1.54, 1.807) is 30.3 Å². The number of anilines is 1. The highest BCUT2D eigenvalue weighted by Crippen LogP contribution is 2.40. The van der Waals surface area contributed by atoms with E-state index in [0.29, 0.717) is 30.0 Å². The lowest BCUT2D eigenvalue weighted by Gasteiger charge is -2.30. The molecule has 2 aromatic heterocycles. The minimum atomic E-state index is -2.75. The summed E-state index contributed by atoms with van der Waals surface area (Å²) in [5.41, 5.74) is -4.32. The number of halogens is 1. The van der Waals surface area contributed by atoms with Crippen molar-refractivity contribution in [2.24, 2.45) is 5.92 Å². The zero-order valence-corrected chi connectivity index (χ0v) is 22.8. The zero-order valence-electron chi connectivity index (χ0n) is 22.1. The first kappa shape index (κ1) is 29.6. The molecule has 0 radical (unpaired) electrons. The SMILES string of the molecule is C#C[C@@]1(O)[C@@H](COC(Cc2ccccc2)(C(=O)O)C(=O)O)O[C@@H](n2cnc3c(N4CC[C@@H](CO)C4)nc(Cl)nc32)[C@@H]1O. The molecule has 0 aliphatic carbocycles. The van der Waals surface area contributed by atoms with Gasteiger partial charge in [-0.15, -0.1) is 6.42 Å². The number of aromatic nitrogens is 4. The summed E-state index contributed by atoms with van der Waals surface area (Å²) in [7, 11) is 0. The Bertz CT molecular complexity index is 1520. The second kappa shape index (κ2) is 11.4. The van der Waals surface area contributed by atoms with Crippen molar-refractivity contribution in [1.29, 1.82) is 0 Å². The summed E-state index contributed by atoms with van der Waals surface area (Å²) < 4.78 is 12.7. The summed E-state index contributed by atoms with van der Waals surface area (Å²) in [6, 6.07) is 8.02. The third-order valence-electron chi connectivity index (χ3n) is 7.71. The number of fused-ring (bicyclic) bond motifs is 1. The normalized spacial score (nSPS) is 26.0. The molecule has 15 heteroatoms. The van der Waals surface area contributed by atoms with E-state index in [1.165, 1.54) is 10.9 Å². The predicted molar refractivity (Wildman–Crippen MR) is 146 cm³/mol. The van der Waals surface area contributed by atoms with Crippen LogP contribution in [-0.4, -0.2) is 107 Å². The monoisotopic (exact) mass is 601 g/mol. The van der Waals surface area contributed by atoms with Crippen LogP contribution in [0.25, 0.3) is 11.2 Å². The lowest BCUT2D eigenvalue weighted by atomic mass is 9.92. The van der Waals surface area contributed by atoms with Gasteiger partial charge in [-0.25, -0.2) is 14.6 Å². The summed E-state index contributed by atoms with van der Waals surface area (Å²) in [6.45, 7) is 0.322. The number of hydrogen-bond donors (Lipinski definition) is 5. The van der Waals surface area contributed by atoms with E-state index < -0.39 is 54.6 Å². The van der Waals surface area contributed by atoms with Crippen molar-refractivity contribution in [1.82, 2.24) is 19.5 Å². The van der Waals surface area contributed by atoms with Gasteiger partial charge in [0, 0.05) is 32.0 Å². The molecule has 5 atom stereocenters. The van der Waals surface area contributed by atoms with Crippen molar-refractivity contribution >= 4 is 40.5 Å². The van der Waals surface area contributed by atoms with Crippen LogP contribution in [0, 0.1) is 18.3 Å². The molecule has 0 unspecified atom stereocenters. The van der Waals surface area contributed by atoms with E-state index >= 15 is 0 Å². The molecule has 2 fully saturated rings. The molecule has 5 N–H and O–H groups in total. The number of aliphatic hydroxyl groups excluding tert-OH is 2. The average Bonchev–Trinajstić information content (AvgIpc) is 3.68. The van der Waals surface area contributed by atoms with Crippen molar-refractivity contribution in [3.63, 3.8) is 0 Å². The molecule has 222 valence electrons. The number of carboxylic acids is 2. The van der Waals surface area contributed by atoms with Gasteiger partial charge < -0.3 is 39.9 Å². The fourth-order valence-corrected chi connectivity index (χ4v) is 5.45. The van der Waals surface area contributed by atoms with Crippen LogP contribution in [0.3, 0.4) is 0 Å². The molecular weight excluding hydrogens is 574 g/mol. The van der Waals surface area contributed by atoms with Gasteiger partial charge >= 0.3 is 11.9 Å². The van der Waals surface area contributed by atoms with E-state index in [-0.39, 0.29) is 23.5 Å². The van der Waals surface area contributed by atoms with Crippen LogP contribution in [0.1, 0.15) is 18.2 Å². The van der Waals surface area contributed by atoms with E-state index in [2.05, 4.69) is 20.9 Å². The number of nitrogens with zero attached hydrogens (tertiary/aromatic N) is 5. The number of rotatable bonds is 10. The smallest absolute Gasteiger partial charge is 0.348 e. The van der Waals surface area contributed by atoms with Crippen LogP contribution in [0.4, 0.5) is 5.82 Å². The molecule has 1 aromatic carbocycles. The minimum absolute atomic E-state index is 0.0134. The second-order valence-electron chi connectivity index (χ2n) is 10.3. The van der Waals surface area contributed by atoms with Crippen molar-refractivity contribution < 1.29 is 44.6 Å². The maximum Gasteiger partial charge on any atom is 0.348 e. The number of aliphatic hydroxyl groups is 3. The van der Waals surface area contributed by atoms with Gasteiger partial charge in [0.15, 0.2) is 28.8 Å². The molecule has 2 aliphatic heterocycles. The molecule has 3 aromatic rings. The highest BCUT2D eigenvalue weighted by molar-refractivity contribution is 6.28. The van der Waals surface area contributed by atoms with Gasteiger partial charge in [0.25, 0.3) is 5.60 Å². The molecule has 2 saturated heterocycles. The van der Waals surface area contributed by atoms with Crippen LogP contribution in [0.5, 0.6) is 0 Å². The molecule has 5 rings (SSSR count). The van der Waals surface area contributed by atoms with Crippen molar-refractivity contribution in [3.8, 4) is 12.3 Å². The molecule has 0 spiro atoms. The Morgan fingerprint density at radius 3 is 2.57 bits per heavy atom. The molecule has 42 heavy (non-hydrogen) atoms. The number of terminal acetylenes is 1. The summed E-state index contributed by atoms with van der Waals surface area (Å²) in [5.74, 6) is -1.01. The van der Waals surface area contributed by atoms with Gasteiger partial charge in [0.2, 0.25) is 5.28 Å². The van der Waals surface area contributed by atoms with Gasteiger partial charge in [0.1, 0.15) is 12.2 Å². The van der Waals surface area contributed by atoms with Gasteiger partial charge in [0.05, 0.1) is 12.9 Å². The number of benzene rings is 1. The van der Waals surface area contributed by atoms with Crippen LogP contribution < -0.4 is 4.90 Å². The Labute approximate surface area is 244 Å². The second-order valence-corrected chi connectivity index (χ2v) is 10.6. The molecule has 4 heterocycles. The maximum atomic E-state index is 12.2. The van der Waals surface area contributed by atoms with E-state index in [4.69, 9.17) is 27.5 Å². The van der Waals surface area contributed by atoms with E-state index in [9.17, 15) is 35.1 Å². The van der Waals surface area contributed by atoms with E-state index in [0.717, 1.165) is 6.42 Å².